The molecule has 33 heavy (non-hydrogen) atoms. The molecule has 0 unspecified atom stereocenters. The first-order valence-corrected chi connectivity index (χ1v) is 9.99. The fourth-order valence-corrected chi connectivity index (χ4v) is 3.23. The molecule has 11 heteroatoms. The second-order valence-corrected chi connectivity index (χ2v) is 7.42. The molecule has 0 aliphatic carbocycles. The van der Waals surface area contributed by atoms with E-state index in [0.717, 1.165) is 5.56 Å². The molecule has 2 aromatic carbocycles. The van der Waals surface area contributed by atoms with E-state index in [-0.39, 0.29) is 28.8 Å². The Morgan fingerprint density at radius 2 is 1.91 bits per heavy atom. The van der Waals surface area contributed by atoms with Crippen LogP contribution in [0, 0.1) is 6.92 Å². The Kier molecular flexibility index (Phi) is 7.19. The monoisotopic (exact) mass is 473 g/mol. The maximum atomic E-state index is 12.3. The van der Waals surface area contributed by atoms with Crippen LogP contribution in [0.25, 0.3) is 6.08 Å². The van der Waals surface area contributed by atoms with Gasteiger partial charge < -0.3 is 25.2 Å². The van der Waals surface area contributed by atoms with Gasteiger partial charge in [0.2, 0.25) is 0 Å². The highest BCUT2D eigenvalue weighted by Crippen LogP contribution is 2.37. The van der Waals surface area contributed by atoms with Gasteiger partial charge in [-0.1, -0.05) is 29.3 Å². The van der Waals surface area contributed by atoms with Gasteiger partial charge in [-0.25, -0.2) is 9.69 Å². The second-order valence-electron chi connectivity index (χ2n) is 7.01. The molecule has 1 aliphatic rings. The summed E-state index contributed by atoms with van der Waals surface area (Å²) < 4.78 is 10.8. The summed E-state index contributed by atoms with van der Waals surface area (Å²) >= 11 is 6.30. The number of methoxy groups -OCH3 is 1. The number of carbonyl (C=O) groups excluding carboxylic acids is 3. The van der Waals surface area contributed by atoms with E-state index >= 15 is 0 Å². The molecule has 4 amide bonds. The van der Waals surface area contributed by atoms with Gasteiger partial charge in [0.05, 0.1) is 12.1 Å². The Balaban J connectivity index is 1.73. The summed E-state index contributed by atoms with van der Waals surface area (Å²) in [6, 6.07) is 9.36. The maximum absolute atomic E-state index is 12.3. The number of rotatable bonds is 8. The van der Waals surface area contributed by atoms with E-state index in [0.29, 0.717) is 16.2 Å². The lowest BCUT2D eigenvalue weighted by molar-refractivity contribution is -0.140. The van der Waals surface area contributed by atoms with Crippen LogP contribution in [-0.4, -0.2) is 54.1 Å². The van der Waals surface area contributed by atoms with Gasteiger partial charge >= 0.3 is 12.0 Å². The van der Waals surface area contributed by atoms with Crippen molar-refractivity contribution in [3.05, 3.63) is 58.2 Å². The molecule has 0 spiro atoms. The van der Waals surface area contributed by atoms with Gasteiger partial charge in [0.1, 0.15) is 12.2 Å². The number of halogens is 1. The number of hydrogen-bond acceptors (Lipinski definition) is 6. The Labute approximate surface area is 193 Å². The van der Waals surface area contributed by atoms with Gasteiger partial charge in [-0.15, -0.1) is 0 Å². The van der Waals surface area contributed by atoms with E-state index in [4.69, 9.17) is 26.2 Å². The number of anilines is 1. The zero-order valence-electron chi connectivity index (χ0n) is 17.7. The molecule has 1 saturated heterocycles. The lowest BCUT2D eigenvalue weighted by atomic mass is 10.1. The van der Waals surface area contributed by atoms with Crippen molar-refractivity contribution in [2.75, 3.05) is 25.6 Å². The Bertz CT molecular complexity index is 1150. The number of urea groups is 1. The molecule has 1 fully saturated rings. The number of nitrogens with one attached hydrogen (secondary N) is 2. The lowest BCUT2D eigenvalue weighted by Gasteiger charge is -2.13. The Morgan fingerprint density at radius 3 is 2.55 bits per heavy atom. The fourth-order valence-electron chi connectivity index (χ4n) is 2.95. The molecule has 0 radical (unpaired) electrons. The normalized spacial score (nSPS) is 14.3. The zero-order valence-corrected chi connectivity index (χ0v) is 18.4. The minimum atomic E-state index is -1.32. The first kappa shape index (κ1) is 23.6. The first-order chi connectivity index (χ1) is 15.7. The number of amides is 4. The molecule has 0 bridgehead atoms. The van der Waals surface area contributed by atoms with E-state index in [1.54, 1.807) is 12.1 Å². The van der Waals surface area contributed by atoms with Crippen LogP contribution >= 0.6 is 11.6 Å². The van der Waals surface area contributed by atoms with Crippen molar-refractivity contribution >= 4 is 47.2 Å². The maximum Gasteiger partial charge on any atom is 0.329 e. The Hall–Kier alpha value is -4.05. The van der Waals surface area contributed by atoms with Gasteiger partial charge in [0, 0.05) is 5.69 Å². The summed E-state index contributed by atoms with van der Waals surface area (Å²) in [4.78, 5) is 47.7. The van der Waals surface area contributed by atoms with Gasteiger partial charge in [-0.2, -0.15) is 0 Å². The number of hydrogen-bond donors (Lipinski definition) is 3. The van der Waals surface area contributed by atoms with Crippen LogP contribution in [0.15, 0.2) is 42.1 Å². The predicted molar refractivity (Wildman–Crippen MR) is 119 cm³/mol. The molecule has 1 aliphatic heterocycles. The number of aryl methyl sites for hydroxylation is 1. The van der Waals surface area contributed by atoms with Gasteiger partial charge in [0.25, 0.3) is 11.8 Å². The first-order valence-electron chi connectivity index (χ1n) is 9.61. The molecule has 172 valence electrons. The van der Waals surface area contributed by atoms with Crippen LogP contribution in [-0.2, 0) is 14.4 Å². The summed E-state index contributed by atoms with van der Waals surface area (Å²) in [6.07, 6.45) is 1.32. The Morgan fingerprint density at radius 1 is 1.21 bits per heavy atom. The van der Waals surface area contributed by atoms with E-state index < -0.39 is 30.4 Å². The van der Waals surface area contributed by atoms with E-state index in [9.17, 15) is 19.2 Å². The van der Waals surface area contributed by atoms with Crippen LogP contribution in [0.3, 0.4) is 0 Å². The number of nitrogens with zero attached hydrogens (tertiary/aromatic N) is 1. The standard InChI is InChI=1S/C22H20ClN3O7/c1-12-3-5-14(6-4-12)24-18(27)11-33-20-15(23)7-13(9-17(20)32-2)8-16-21(30)26(10-19(28)29)22(31)25-16/h3-9H,10-11H2,1-2H3,(H,24,27)(H,25,31)(H,28,29)/b16-8+. The van der Waals surface area contributed by atoms with Crippen molar-refractivity contribution in [2.24, 2.45) is 0 Å². The fraction of sp³-hybridized carbons (Fsp3) is 0.182. The number of carboxylic acids is 1. The van der Waals surface area contributed by atoms with Crippen LogP contribution in [0.5, 0.6) is 11.5 Å². The van der Waals surface area contributed by atoms with Gasteiger partial charge in [-0.3, -0.25) is 14.4 Å². The second kappa shape index (κ2) is 10.0. The molecular weight excluding hydrogens is 454 g/mol. The molecule has 1 heterocycles. The van der Waals surface area contributed by atoms with Crippen LogP contribution in [0.2, 0.25) is 5.02 Å². The van der Waals surface area contributed by atoms with E-state index in [2.05, 4.69) is 10.6 Å². The third kappa shape index (κ3) is 5.80. The molecule has 3 N–H and O–H groups in total. The van der Waals surface area contributed by atoms with Crippen molar-refractivity contribution in [2.45, 2.75) is 6.92 Å². The van der Waals surface area contributed by atoms with Gasteiger partial charge in [0.15, 0.2) is 18.1 Å². The van der Waals surface area contributed by atoms with Crippen molar-refractivity contribution in [1.29, 1.82) is 0 Å². The van der Waals surface area contributed by atoms with Crippen LogP contribution in [0.4, 0.5) is 10.5 Å². The molecule has 0 atom stereocenters. The van der Waals surface area contributed by atoms with Crippen LogP contribution < -0.4 is 20.1 Å². The lowest BCUT2D eigenvalue weighted by Crippen LogP contribution is -2.35. The minimum absolute atomic E-state index is 0.100. The largest absolute Gasteiger partial charge is 0.493 e. The van der Waals surface area contributed by atoms with Crippen LogP contribution in [0.1, 0.15) is 11.1 Å². The molecule has 0 aromatic heterocycles. The van der Waals surface area contributed by atoms with Crippen molar-refractivity contribution < 1.29 is 33.8 Å². The summed E-state index contributed by atoms with van der Waals surface area (Å²) in [6.45, 7) is 0.845. The SMILES string of the molecule is COc1cc(/C=C2/NC(=O)N(CC(=O)O)C2=O)cc(Cl)c1OCC(=O)Nc1ccc(C)cc1. The summed E-state index contributed by atoms with van der Waals surface area (Å²) in [5.41, 5.74) is 1.94. The van der Waals surface area contributed by atoms with Crippen molar-refractivity contribution in [1.82, 2.24) is 10.2 Å². The number of aliphatic carboxylic acids is 1. The zero-order chi connectivity index (χ0) is 24.1. The smallest absolute Gasteiger partial charge is 0.329 e. The number of imide groups is 1. The number of ether oxygens (including phenoxy) is 2. The topological polar surface area (TPSA) is 134 Å². The highest BCUT2D eigenvalue weighted by Gasteiger charge is 2.35. The predicted octanol–water partition coefficient (Wildman–Crippen LogP) is 2.65. The number of carbonyl (C=O) groups is 4. The average Bonchev–Trinajstić information content (AvgIpc) is 3.01. The highest BCUT2D eigenvalue weighted by atomic mass is 35.5. The molecular formula is C22H20ClN3O7. The summed E-state index contributed by atoms with van der Waals surface area (Å²) in [5.74, 6) is -2.20. The molecule has 0 saturated carbocycles. The van der Waals surface area contributed by atoms with E-state index in [1.807, 2.05) is 19.1 Å². The molecule has 10 nitrogen and oxygen atoms in total. The molecule has 2 aromatic rings. The van der Waals surface area contributed by atoms with Crippen molar-refractivity contribution in [3.63, 3.8) is 0 Å². The third-order valence-corrected chi connectivity index (χ3v) is 4.78. The highest BCUT2D eigenvalue weighted by molar-refractivity contribution is 6.32. The quantitative estimate of drug-likeness (QED) is 0.396. The summed E-state index contributed by atoms with van der Waals surface area (Å²) in [7, 11) is 1.37. The average molecular weight is 474 g/mol. The third-order valence-electron chi connectivity index (χ3n) is 4.50. The summed E-state index contributed by atoms with van der Waals surface area (Å²) in [5, 5.41) is 13.9. The molecule has 3 rings (SSSR count). The number of benzene rings is 2. The minimum Gasteiger partial charge on any atom is -0.493 e. The van der Waals surface area contributed by atoms with Gasteiger partial charge in [-0.05, 0) is 42.8 Å². The van der Waals surface area contributed by atoms with Crippen molar-refractivity contribution in [3.8, 4) is 11.5 Å². The number of carboxylic acid groups (broad SMARTS) is 1. The van der Waals surface area contributed by atoms with E-state index in [1.165, 1.54) is 25.3 Å².